The fourth-order valence-corrected chi connectivity index (χ4v) is 3.26. The molecule has 0 aliphatic rings. The lowest BCUT2D eigenvalue weighted by atomic mass is 9.89. The van der Waals surface area contributed by atoms with Gasteiger partial charge in [0.2, 0.25) is 0 Å². The van der Waals surface area contributed by atoms with Gasteiger partial charge in [-0.3, -0.25) is 4.98 Å². The molecule has 0 radical (unpaired) electrons. The van der Waals surface area contributed by atoms with Gasteiger partial charge in [0.1, 0.15) is 0 Å². The van der Waals surface area contributed by atoms with Crippen LogP contribution in [-0.2, 0) is 5.41 Å². The smallest absolute Gasteiger partial charge is 0.0860 e. The molecule has 0 aromatic carbocycles. The van der Waals surface area contributed by atoms with E-state index in [-0.39, 0.29) is 11.5 Å². The van der Waals surface area contributed by atoms with Crippen LogP contribution in [0.2, 0.25) is 0 Å². The topological polar surface area (TPSA) is 50.7 Å². The Balaban J connectivity index is 2.44. The minimum absolute atomic E-state index is 0.00820. The van der Waals surface area contributed by atoms with E-state index in [1.165, 1.54) is 27.5 Å². The lowest BCUT2D eigenvalue weighted by Gasteiger charge is -2.23. The lowest BCUT2D eigenvalue weighted by Crippen LogP contribution is -2.26. The maximum atomic E-state index is 4.37. The summed E-state index contributed by atoms with van der Waals surface area (Å²) in [4.78, 5) is 5.54. The normalized spacial score (nSPS) is 13.4. The molecule has 0 fully saturated rings. The molecule has 2 heterocycles. The molecule has 2 rings (SSSR count). The SMILES string of the molecule is CCCNC(c1cncc(C)c1)c1snnc1C(C)(C)C. The van der Waals surface area contributed by atoms with Crippen LogP contribution in [0.25, 0.3) is 0 Å². The predicted octanol–water partition coefficient (Wildman–Crippen LogP) is 3.63. The van der Waals surface area contributed by atoms with Crippen LogP contribution in [-0.4, -0.2) is 21.1 Å². The molecule has 0 aliphatic heterocycles. The zero-order chi connectivity index (χ0) is 15.5. The largest absolute Gasteiger partial charge is 0.305 e. The van der Waals surface area contributed by atoms with Crippen molar-refractivity contribution in [1.82, 2.24) is 19.9 Å². The van der Waals surface area contributed by atoms with Gasteiger partial charge in [-0.1, -0.05) is 38.2 Å². The van der Waals surface area contributed by atoms with Crippen molar-refractivity contribution in [3.63, 3.8) is 0 Å². The van der Waals surface area contributed by atoms with Crippen LogP contribution in [0.5, 0.6) is 0 Å². The van der Waals surface area contributed by atoms with Crippen LogP contribution in [0.4, 0.5) is 0 Å². The fourth-order valence-electron chi connectivity index (χ4n) is 2.29. The highest BCUT2D eigenvalue weighted by molar-refractivity contribution is 7.05. The van der Waals surface area contributed by atoms with Crippen LogP contribution in [0.1, 0.15) is 61.9 Å². The summed E-state index contributed by atoms with van der Waals surface area (Å²) >= 11 is 1.48. The van der Waals surface area contributed by atoms with Crippen LogP contribution in [0, 0.1) is 6.92 Å². The molecule has 1 atom stereocenters. The van der Waals surface area contributed by atoms with E-state index in [2.05, 4.69) is 60.6 Å². The van der Waals surface area contributed by atoms with E-state index in [0.717, 1.165) is 18.7 Å². The number of pyridine rings is 1. The van der Waals surface area contributed by atoms with Gasteiger partial charge in [0, 0.05) is 17.8 Å². The first-order valence-corrected chi connectivity index (χ1v) is 8.18. The third-order valence-corrected chi connectivity index (χ3v) is 4.10. The van der Waals surface area contributed by atoms with Crippen molar-refractivity contribution in [2.45, 2.75) is 52.5 Å². The average Bonchev–Trinajstić information content (AvgIpc) is 2.88. The Morgan fingerprint density at radius 3 is 2.67 bits per heavy atom. The van der Waals surface area contributed by atoms with Crippen molar-refractivity contribution in [2.24, 2.45) is 0 Å². The maximum Gasteiger partial charge on any atom is 0.0860 e. The fraction of sp³-hybridized carbons (Fsp3) is 0.562. The molecule has 5 heteroatoms. The Kier molecular flexibility index (Phi) is 5.06. The number of rotatable bonds is 5. The molecule has 0 spiro atoms. The van der Waals surface area contributed by atoms with Gasteiger partial charge in [-0.05, 0) is 42.5 Å². The standard InChI is InChI=1S/C16H24N4S/c1-6-7-18-13(12-8-11(2)9-17-10-12)14-15(16(3,4)5)19-20-21-14/h8-10,13,18H,6-7H2,1-5H3. The number of hydrogen-bond acceptors (Lipinski definition) is 5. The van der Waals surface area contributed by atoms with E-state index in [1.54, 1.807) is 0 Å². The Bertz CT molecular complexity index is 586. The van der Waals surface area contributed by atoms with Gasteiger partial charge in [-0.2, -0.15) is 0 Å². The van der Waals surface area contributed by atoms with E-state index in [0.29, 0.717) is 0 Å². The summed E-state index contributed by atoms with van der Waals surface area (Å²) in [5, 5.41) is 7.99. The van der Waals surface area contributed by atoms with E-state index in [4.69, 9.17) is 0 Å². The van der Waals surface area contributed by atoms with Gasteiger partial charge in [0.25, 0.3) is 0 Å². The van der Waals surface area contributed by atoms with Gasteiger partial charge in [-0.15, -0.1) is 5.10 Å². The first kappa shape index (κ1) is 16.0. The number of nitrogens with one attached hydrogen (secondary N) is 1. The van der Waals surface area contributed by atoms with Crippen LogP contribution in [0.3, 0.4) is 0 Å². The minimum Gasteiger partial charge on any atom is -0.305 e. The second-order valence-electron chi connectivity index (χ2n) is 6.42. The first-order chi connectivity index (χ1) is 9.93. The third kappa shape index (κ3) is 3.86. The zero-order valence-electron chi connectivity index (χ0n) is 13.5. The number of hydrogen-bond donors (Lipinski definition) is 1. The van der Waals surface area contributed by atoms with Crippen molar-refractivity contribution in [2.75, 3.05) is 6.54 Å². The summed E-state index contributed by atoms with van der Waals surface area (Å²) in [7, 11) is 0. The molecule has 4 nitrogen and oxygen atoms in total. The number of aryl methyl sites for hydroxylation is 1. The summed E-state index contributed by atoms with van der Waals surface area (Å²) in [5.41, 5.74) is 3.42. The number of nitrogens with zero attached hydrogens (tertiary/aromatic N) is 3. The van der Waals surface area contributed by atoms with E-state index >= 15 is 0 Å². The zero-order valence-corrected chi connectivity index (χ0v) is 14.3. The van der Waals surface area contributed by atoms with Crippen LogP contribution < -0.4 is 5.32 Å². The van der Waals surface area contributed by atoms with Gasteiger partial charge < -0.3 is 5.32 Å². The second-order valence-corrected chi connectivity index (χ2v) is 7.20. The van der Waals surface area contributed by atoms with Crippen molar-refractivity contribution in [3.8, 4) is 0 Å². The second kappa shape index (κ2) is 6.62. The summed E-state index contributed by atoms with van der Waals surface area (Å²) in [6, 6.07) is 2.30. The van der Waals surface area contributed by atoms with Gasteiger partial charge in [0.15, 0.2) is 0 Å². The lowest BCUT2D eigenvalue weighted by molar-refractivity contribution is 0.537. The predicted molar refractivity (Wildman–Crippen MR) is 87.7 cm³/mol. The molecule has 0 amide bonds. The van der Waals surface area contributed by atoms with Crippen molar-refractivity contribution in [3.05, 3.63) is 40.2 Å². The molecule has 0 bridgehead atoms. The summed E-state index contributed by atoms with van der Waals surface area (Å²) < 4.78 is 4.20. The molecule has 2 aromatic heterocycles. The molecule has 2 aromatic rings. The molecule has 1 unspecified atom stereocenters. The highest BCUT2D eigenvalue weighted by Gasteiger charge is 2.28. The molecule has 0 saturated heterocycles. The van der Waals surface area contributed by atoms with E-state index in [9.17, 15) is 0 Å². The molecule has 0 aliphatic carbocycles. The van der Waals surface area contributed by atoms with E-state index in [1.807, 2.05) is 12.4 Å². The monoisotopic (exact) mass is 304 g/mol. The minimum atomic E-state index is -0.00820. The average molecular weight is 304 g/mol. The summed E-state index contributed by atoms with van der Waals surface area (Å²) in [6.07, 6.45) is 4.91. The number of aromatic nitrogens is 3. The van der Waals surface area contributed by atoms with Gasteiger partial charge >= 0.3 is 0 Å². The molecular weight excluding hydrogens is 280 g/mol. The molecule has 114 valence electrons. The summed E-state index contributed by atoms with van der Waals surface area (Å²) in [6.45, 7) is 11.7. The Labute approximate surface area is 131 Å². The Morgan fingerprint density at radius 2 is 2.05 bits per heavy atom. The highest BCUT2D eigenvalue weighted by Crippen LogP contribution is 2.33. The van der Waals surface area contributed by atoms with Crippen molar-refractivity contribution < 1.29 is 0 Å². The molecule has 21 heavy (non-hydrogen) atoms. The van der Waals surface area contributed by atoms with Crippen LogP contribution >= 0.6 is 11.5 Å². The first-order valence-electron chi connectivity index (χ1n) is 7.41. The Morgan fingerprint density at radius 1 is 1.29 bits per heavy atom. The Hall–Kier alpha value is -1.33. The quantitative estimate of drug-likeness (QED) is 0.916. The maximum absolute atomic E-state index is 4.37. The van der Waals surface area contributed by atoms with Gasteiger partial charge in [-0.25, -0.2) is 0 Å². The molecule has 0 saturated carbocycles. The van der Waals surface area contributed by atoms with Crippen molar-refractivity contribution >= 4 is 11.5 Å². The highest BCUT2D eigenvalue weighted by atomic mass is 32.1. The van der Waals surface area contributed by atoms with Gasteiger partial charge in [0.05, 0.1) is 16.6 Å². The third-order valence-electron chi connectivity index (χ3n) is 3.31. The van der Waals surface area contributed by atoms with Crippen molar-refractivity contribution in [1.29, 1.82) is 0 Å². The molecular formula is C16H24N4S. The van der Waals surface area contributed by atoms with Crippen LogP contribution in [0.15, 0.2) is 18.5 Å². The van der Waals surface area contributed by atoms with E-state index < -0.39 is 0 Å². The summed E-state index contributed by atoms with van der Waals surface area (Å²) in [5.74, 6) is 0. The molecule has 1 N–H and O–H groups in total.